The van der Waals surface area contributed by atoms with Gasteiger partial charge in [-0.3, -0.25) is 4.79 Å². The van der Waals surface area contributed by atoms with Gasteiger partial charge >= 0.3 is 0 Å². The van der Waals surface area contributed by atoms with Crippen LogP contribution >= 0.6 is 0 Å². The molecule has 2 aromatic heterocycles. The number of halogens is 1. The van der Waals surface area contributed by atoms with Gasteiger partial charge < -0.3 is 14.8 Å². The van der Waals surface area contributed by atoms with Gasteiger partial charge in [-0.15, -0.1) is 10.2 Å². The van der Waals surface area contributed by atoms with Crippen molar-refractivity contribution in [2.24, 2.45) is 0 Å². The first-order valence-electron chi connectivity index (χ1n) is 9.80. The van der Waals surface area contributed by atoms with Crippen molar-refractivity contribution < 1.29 is 18.7 Å². The summed E-state index contributed by atoms with van der Waals surface area (Å²) in [5, 5.41) is 15.3. The van der Waals surface area contributed by atoms with E-state index in [4.69, 9.17) is 9.47 Å². The van der Waals surface area contributed by atoms with Gasteiger partial charge in [0, 0.05) is 17.4 Å². The molecule has 0 spiro atoms. The Labute approximate surface area is 183 Å². The molecule has 0 unspecified atom stereocenters. The second-order valence-corrected chi connectivity index (χ2v) is 6.96. The number of para-hydroxylation sites is 1. The number of nitrogens with zero attached hydrogens (tertiary/aromatic N) is 4. The van der Waals surface area contributed by atoms with Crippen molar-refractivity contribution in [3.8, 4) is 23.2 Å². The monoisotopic (exact) mass is 433 g/mol. The molecule has 1 N–H and O–H groups in total. The summed E-state index contributed by atoms with van der Waals surface area (Å²) < 4.78 is 26.1. The molecule has 1 amide bonds. The maximum atomic E-state index is 13.5. The molecule has 162 valence electrons. The summed E-state index contributed by atoms with van der Waals surface area (Å²) in [5.41, 5.74) is 2.41. The average Bonchev–Trinajstić information content (AvgIpc) is 3.13. The molecule has 32 heavy (non-hydrogen) atoms. The van der Waals surface area contributed by atoms with Crippen LogP contribution in [0.3, 0.4) is 0 Å². The summed E-state index contributed by atoms with van der Waals surface area (Å²) in [7, 11) is 0. The summed E-state index contributed by atoms with van der Waals surface area (Å²) in [6, 6.07) is 18.1. The summed E-state index contributed by atoms with van der Waals surface area (Å²) in [6.07, 6.45) is 0. The minimum absolute atomic E-state index is 0.0244. The van der Waals surface area contributed by atoms with Crippen LogP contribution in [-0.4, -0.2) is 32.5 Å². The van der Waals surface area contributed by atoms with Crippen molar-refractivity contribution in [1.29, 1.82) is 0 Å². The molecule has 0 radical (unpaired) electrons. The molecule has 4 aromatic rings. The van der Waals surface area contributed by atoms with E-state index < -0.39 is 11.7 Å². The number of benzene rings is 2. The van der Waals surface area contributed by atoms with Crippen molar-refractivity contribution in [3.63, 3.8) is 0 Å². The van der Waals surface area contributed by atoms with Gasteiger partial charge in [-0.05, 0) is 62.4 Å². The third-order valence-corrected chi connectivity index (χ3v) is 4.41. The molecule has 9 heteroatoms. The minimum Gasteiger partial charge on any atom is -0.481 e. The minimum atomic E-state index is -0.521. The van der Waals surface area contributed by atoms with Gasteiger partial charge in [0.2, 0.25) is 5.88 Å². The van der Waals surface area contributed by atoms with Gasteiger partial charge in [0.15, 0.2) is 24.0 Å². The molecular formula is C23H20FN5O3. The Morgan fingerprint density at radius 1 is 1.03 bits per heavy atom. The summed E-state index contributed by atoms with van der Waals surface area (Å²) in [5.74, 6) is 0.541. The molecule has 2 heterocycles. The van der Waals surface area contributed by atoms with Crippen molar-refractivity contribution in [1.82, 2.24) is 20.0 Å². The van der Waals surface area contributed by atoms with E-state index in [-0.39, 0.29) is 12.4 Å². The number of hydrogen-bond acceptors (Lipinski definition) is 6. The fourth-order valence-electron chi connectivity index (χ4n) is 2.97. The van der Waals surface area contributed by atoms with E-state index in [1.165, 1.54) is 12.1 Å². The number of carbonyl (C=O) groups is 1. The van der Waals surface area contributed by atoms with E-state index >= 15 is 0 Å². The Bertz CT molecular complexity index is 1220. The first-order chi connectivity index (χ1) is 15.5. The van der Waals surface area contributed by atoms with E-state index in [2.05, 4.69) is 20.6 Å². The third-order valence-electron chi connectivity index (χ3n) is 4.41. The molecule has 0 aliphatic carbocycles. The Kier molecular flexibility index (Phi) is 6.07. The van der Waals surface area contributed by atoms with Gasteiger partial charge in [0.05, 0.1) is 5.69 Å². The van der Waals surface area contributed by atoms with E-state index in [9.17, 15) is 9.18 Å². The Balaban J connectivity index is 1.32. The van der Waals surface area contributed by atoms with Crippen LogP contribution in [0.4, 0.5) is 10.1 Å². The highest BCUT2D eigenvalue weighted by atomic mass is 19.1. The molecule has 0 atom stereocenters. The van der Waals surface area contributed by atoms with Crippen molar-refractivity contribution >= 4 is 11.6 Å². The highest BCUT2D eigenvalue weighted by Crippen LogP contribution is 2.22. The predicted octanol–water partition coefficient (Wildman–Crippen LogP) is 4.23. The Morgan fingerprint density at radius 2 is 1.81 bits per heavy atom. The van der Waals surface area contributed by atoms with E-state index in [0.717, 1.165) is 11.4 Å². The number of aryl methyl sites for hydroxylation is 2. The number of ether oxygens (including phenoxy) is 2. The van der Waals surface area contributed by atoms with Gasteiger partial charge in [-0.2, -0.15) is 5.10 Å². The second kappa shape index (κ2) is 9.25. The fraction of sp³-hybridized carbons (Fsp3) is 0.130. The first kappa shape index (κ1) is 21.0. The summed E-state index contributed by atoms with van der Waals surface area (Å²) in [6.45, 7) is 3.55. The second-order valence-electron chi connectivity index (χ2n) is 6.96. The molecular weight excluding hydrogens is 413 g/mol. The molecule has 0 saturated carbocycles. The van der Waals surface area contributed by atoms with Crippen LogP contribution in [0, 0.1) is 19.7 Å². The van der Waals surface area contributed by atoms with Crippen LogP contribution in [0.2, 0.25) is 0 Å². The number of hydrogen-bond donors (Lipinski definition) is 1. The lowest BCUT2D eigenvalue weighted by Crippen LogP contribution is -2.20. The zero-order valence-electron chi connectivity index (χ0n) is 17.4. The number of aromatic nitrogens is 4. The smallest absolute Gasteiger partial charge is 0.262 e. The molecule has 0 fully saturated rings. The van der Waals surface area contributed by atoms with Crippen molar-refractivity contribution in [2.45, 2.75) is 13.8 Å². The van der Waals surface area contributed by atoms with Crippen LogP contribution in [0.15, 0.2) is 66.7 Å². The van der Waals surface area contributed by atoms with Gasteiger partial charge in [0.25, 0.3) is 5.91 Å². The molecule has 0 bridgehead atoms. The molecule has 0 aliphatic heterocycles. The topological polar surface area (TPSA) is 91.2 Å². The van der Waals surface area contributed by atoms with Gasteiger partial charge in [0.1, 0.15) is 5.75 Å². The van der Waals surface area contributed by atoms with Crippen LogP contribution in [0.25, 0.3) is 5.82 Å². The predicted molar refractivity (Wildman–Crippen MR) is 116 cm³/mol. The number of nitrogens with one attached hydrogen (secondary N) is 1. The summed E-state index contributed by atoms with van der Waals surface area (Å²) in [4.78, 5) is 12.0. The van der Waals surface area contributed by atoms with Crippen LogP contribution in [-0.2, 0) is 4.79 Å². The SMILES string of the molecule is Cc1cc(C)n(-c2ccc(Oc3ccc(NC(=O)COc4ccccc4F)cc3)nn2)n1. The largest absolute Gasteiger partial charge is 0.481 e. The normalized spacial score (nSPS) is 10.6. The van der Waals surface area contributed by atoms with Crippen molar-refractivity contribution in [2.75, 3.05) is 11.9 Å². The third kappa shape index (κ3) is 5.07. The number of amides is 1. The zero-order chi connectivity index (χ0) is 22.5. The Hall–Kier alpha value is -4.27. The zero-order valence-corrected chi connectivity index (χ0v) is 17.4. The maximum absolute atomic E-state index is 13.5. The Morgan fingerprint density at radius 3 is 2.47 bits per heavy atom. The highest BCUT2D eigenvalue weighted by Gasteiger charge is 2.09. The standard InChI is InChI=1S/C23H20FN5O3/c1-15-13-16(2)29(28-15)21-11-12-23(27-26-21)32-18-9-7-17(8-10-18)25-22(30)14-31-20-6-4-3-5-19(20)24/h3-13H,14H2,1-2H3,(H,25,30). The number of anilines is 1. The number of carbonyl (C=O) groups excluding carboxylic acids is 1. The molecule has 0 saturated heterocycles. The molecule has 2 aromatic carbocycles. The summed E-state index contributed by atoms with van der Waals surface area (Å²) >= 11 is 0. The van der Waals surface area contributed by atoms with E-state index in [1.807, 2.05) is 19.9 Å². The molecule has 4 rings (SSSR count). The quantitative estimate of drug-likeness (QED) is 0.469. The highest BCUT2D eigenvalue weighted by molar-refractivity contribution is 5.91. The fourth-order valence-corrected chi connectivity index (χ4v) is 2.97. The van der Waals surface area contributed by atoms with Crippen molar-refractivity contribution in [3.05, 3.63) is 83.9 Å². The van der Waals surface area contributed by atoms with Crippen LogP contribution in [0.1, 0.15) is 11.4 Å². The molecule has 8 nitrogen and oxygen atoms in total. The van der Waals surface area contributed by atoms with Crippen LogP contribution in [0.5, 0.6) is 17.4 Å². The van der Waals surface area contributed by atoms with Gasteiger partial charge in [-0.25, -0.2) is 9.07 Å². The number of rotatable bonds is 7. The van der Waals surface area contributed by atoms with Gasteiger partial charge in [-0.1, -0.05) is 12.1 Å². The first-order valence-corrected chi connectivity index (χ1v) is 9.80. The van der Waals surface area contributed by atoms with Crippen LogP contribution < -0.4 is 14.8 Å². The lowest BCUT2D eigenvalue weighted by atomic mass is 10.3. The lowest BCUT2D eigenvalue weighted by molar-refractivity contribution is -0.118. The average molecular weight is 433 g/mol. The lowest BCUT2D eigenvalue weighted by Gasteiger charge is -2.09. The van der Waals surface area contributed by atoms with E-state index in [0.29, 0.717) is 23.1 Å². The van der Waals surface area contributed by atoms with E-state index in [1.54, 1.807) is 53.2 Å². The molecule has 0 aliphatic rings. The maximum Gasteiger partial charge on any atom is 0.262 e.